The van der Waals surface area contributed by atoms with Crippen LogP contribution in [0.25, 0.3) is 11.1 Å². The number of carbonyl (C=O) groups is 1. The zero-order chi connectivity index (χ0) is 35.6. The van der Waals surface area contributed by atoms with E-state index in [1.54, 1.807) is 35.2 Å². The van der Waals surface area contributed by atoms with E-state index >= 15 is 0 Å². The molecule has 50 heavy (non-hydrogen) atoms. The highest BCUT2D eigenvalue weighted by atomic mass is 35.5. The third-order valence-corrected chi connectivity index (χ3v) is 9.01. The second-order valence-electron chi connectivity index (χ2n) is 12.2. The molecule has 1 saturated heterocycles. The summed E-state index contributed by atoms with van der Waals surface area (Å²) in [5, 5.41) is 40.9. The Morgan fingerprint density at radius 3 is 2.64 bits per heavy atom. The van der Waals surface area contributed by atoms with Crippen LogP contribution in [0.3, 0.4) is 0 Å². The second-order valence-corrected chi connectivity index (χ2v) is 12.6. The zero-order valence-electron chi connectivity index (χ0n) is 27.7. The molecule has 4 aromatic rings. The fraction of sp³-hybridized carbons (Fsp3) is 0.351. The van der Waals surface area contributed by atoms with Crippen LogP contribution in [-0.4, -0.2) is 74.1 Å². The number of nitriles is 1. The van der Waals surface area contributed by atoms with E-state index in [9.17, 15) is 30.2 Å². The summed E-state index contributed by atoms with van der Waals surface area (Å²) in [6, 6.07) is 15.2. The molecule has 2 aromatic heterocycles. The molecule has 5 rings (SSSR count). The van der Waals surface area contributed by atoms with Crippen LogP contribution in [0.1, 0.15) is 40.7 Å². The topological polar surface area (TPSA) is 170 Å². The molecule has 1 fully saturated rings. The zero-order valence-corrected chi connectivity index (χ0v) is 28.5. The van der Waals surface area contributed by atoms with Crippen molar-refractivity contribution < 1.29 is 29.6 Å². The number of hydrogen-bond acceptors (Lipinski definition) is 10. The molecule has 0 aliphatic carbocycles. The van der Waals surface area contributed by atoms with Gasteiger partial charge < -0.3 is 34.3 Å². The molecule has 4 N–H and O–H groups in total. The number of benzene rings is 2. The molecular formula is C37H40ClN5O7. The summed E-state index contributed by atoms with van der Waals surface area (Å²) in [6.45, 7) is 4.52. The Labute approximate surface area is 295 Å². The highest BCUT2D eigenvalue weighted by Crippen LogP contribution is 2.35. The van der Waals surface area contributed by atoms with Crippen LogP contribution < -0.4 is 20.3 Å². The number of aromatic nitrogens is 2. The van der Waals surface area contributed by atoms with Crippen LogP contribution in [0.15, 0.2) is 71.9 Å². The number of aliphatic hydroxyl groups excluding tert-OH is 2. The smallest absolute Gasteiger partial charge is 0.323 e. The average Bonchev–Trinajstić information content (AvgIpc) is 3.53. The molecule has 0 amide bonds. The number of nitrogens with one attached hydrogen (secondary N) is 1. The molecule has 2 aromatic carbocycles. The van der Waals surface area contributed by atoms with Crippen LogP contribution in [-0.2, 0) is 31.1 Å². The summed E-state index contributed by atoms with van der Waals surface area (Å²) in [5.41, 5.74) is 4.61. The fourth-order valence-electron chi connectivity index (χ4n) is 5.90. The van der Waals surface area contributed by atoms with Gasteiger partial charge in [-0.05, 0) is 67.3 Å². The summed E-state index contributed by atoms with van der Waals surface area (Å²) in [6.07, 6.45) is 6.15. The molecule has 2 atom stereocenters. The Morgan fingerprint density at radius 1 is 1.10 bits per heavy atom. The quantitative estimate of drug-likeness (QED) is 0.134. The van der Waals surface area contributed by atoms with Gasteiger partial charge in [-0.2, -0.15) is 5.26 Å². The summed E-state index contributed by atoms with van der Waals surface area (Å²) < 4.78 is 14.0. The normalized spacial score (nSPS) is 15.1. The van der Waals surface area contributed by atoms with Crippen molar-refractivity contribution in [3.8, 4) is 28.7 Å². The summed E-state index contributed by atoms with van der Waals surface area (Å²) in [7, 11) is 0. The van der Waals surface area contributed by atoms with Gasteiger partial charge in [-0.25, -0.2) is 0 Å². The van der Waals surface area contributed by atoms with Crippen LogP contribution in [0.2, 0.25) is 5.02 Å². The van der Waals surface area contributed by atoms with Gasteiger partial charge in [0.15, 0.2) is 0 Å². The predicted molar refractivity (Wildman–Crippen MR) is 187 cm³/mol. The van der Waals surface area contributed by atoms with Crippen LogP contribution >= 0.6 is 11.6 Å². The van der Waals surface area contributed by atoms with Crippen molar-refractivity contribution in [1.82, 2.24) is 19.8 Å². The van der Waals surface area contributed by atoms with Gasteiger partial charge in [-0.15, -0.1) is 0 Å². The molecule has 0 spiro atoms. The maximum Gasteiger partial charge on any atom is 0.323 e. The third-order valence-electron chi connectivity index (χ3n) is 8.71. The number of nitrogens with zero attached hydrogens (tertiary/aromatic N) is 4. The number of aliphatic hydroxyl groups is 2. The van der Waals surface area contributed by atoms with Crippen molar-refractivity contribution in [2.45, 2.75) is 58.2 Å². The Balaban J connectivity index is 1.33. The molecule has 262 valence electrons. The number of ether oxygens (including phenoxy) is 2. The summed E-state index contributed by atoms with van der Waals surface area (Å²) in [4.78, 5) is 31.3. The minimum atomic E-state index is -1.20. The number of β-amino-alcohol motifs (C(OH)–C–C–N with tert-alkyl or cyclic N) is 1. The molecule has 0 radical (unpaired) electrons. The number of likely N-dealkylation sites (tertiary alicyclic amines) is 1. The van der Waals surface area contributed by atoms with E-state index in [1.807, 2.05) is 43.3 Å². The van der Waals surface area contributed by atoms with Gasteiger partial charge >= 0.3 is 5.97 Å². The first kappa shape index (κ1) is 36.5. The SMILES string of the molecule is Cc1c(COc2cc(OCc3cncc(C#N)c3)c(CNC(CO)C(=O)O)cc2Cl)cccc1-c1cccn(CCCN2CCC(O)C2)c1=O. The second kappa shape index (κ2) is 17.2. The largest absolute Gasteiger partial charge is 0.488 e. The first-order valence-corrected chi connectivity index (χ1v) is 16.7. The van der Waals surface area contributed by atoms with E-state index in [4.69, 9.17) is 21.1 Å². The lowest BCUT2D eigenvalue weighted by atomic mass is 9.97. The Morgan fingerprint density at radius 2 is 1.90 bits per heavy atom. The summed E-state index contributed by atoms with van der Waals surface area (Å²) in [5.74, 6) is -0.521. The number of carboxylic acid groups (broad SMARTS) is 1. The first-order valence-electron chi connectivity index (χ1n) is 16.3. The molecule has 3 heterocycles. The first-order chi connectivity index (χ1) is 24.2. The lowest BCUT2D eigenvalue weighted by Gasteiger charge is -2.18. The molecule has 0 bridgehead atoms. The predicted octanol–water partition coefficient (Wildman–Crippen LogP) is 3.89. The molecule has 1 aliphatic heterocycles. The lowest BCUT2D eigenvalue weighted by molar-refractivity contribution is -0.140. The Kier molecular flexibility index (Phi) is 12.6. The molecule has 2 unspecified atom stereocenters. The van der Waals surface area contributed by atoms with Crippen molar-refractivity contribution in [3.63, 3.8) is 0 Å². The van der Waals surface area contributed by atoms with Gasteiger partial charge in [0, 0.05) is 67.5 Å². The van der Waals surface area contributed by atoms with E-state index in [0.717, 1.165) is 42.6 Å². The minimum Gasteiger partial charge on any atom is -0.488 e. The Hall–Kier alpha value is -4.77. The highest BCUT2D eigenvalue weighted by Gasteiger charge is 2.20. The number of aliphatic carboxylic acids is 1. The Bertz CT molecular complexity index is 1910. The average molecular weight is 702 g/mol. The number of rotatable bonds is 16. The minimum absolute atomic E-state index is 0.0283. The van der Waals surface area contributed by atoms with Gasteiger partial charge in [0.25, 0.3) is 5.56 Å². The lowest BCUT2D eigenvalue weighted by Crippen LogP contribution is -2.39. The van der Waals surface area contributed by atoms with E-state index in [0.29, 0.717) is 46.8 Å². The van der Waals surface area contributed by atoms with E-state index in [-0.39, 0.29) is 36.4 Å². The number of aryl methyl sites for hydroxylation is 1. The highest BCUT2D eigenvalue weighted by molar-refractivity contribution is 6.32. The molecule has 1 aliphatic rings. The number of pyridine rings is 2. The monoisotopic (exact) mass is 701 g/mol. The van der Waals surface area contributed by atoms with E-state index in [2.05, 4.69) is 15.2 Å². The van der Waals surface area contributed by atoms with Gasteiger partial charge in [0.2, 0.25) is 0 Å². The standard InChI is InChI=1S/C37H40ClN5O7/c1-24-27(5-2-6-30(24)31-7-3-10-43(36(31)46)11-4-9-42-12-8-29(45)20-42)23-50-35-15-34(49-22-26-13-25(16-39)17-40-18-26)28(14-32(35)38)19-41-33(21-44)37(47)48/h2-3,5-7,10,13-15,17-18,29,33,41,44-45H,4,8-9,11-12,19-23H2,1H3,(H,47,48). The maximum atomic E-state index is 13.5. The van der Waals surface area contributed by atoms with Gasteiger partial charge in [0.05, 0.1) is 23.3 Å². The third kappa shape index (κ3) is 9.26. The van der Waals surface area contributed by atoms with Crippen molar-refractivity contribution >= 4 is 17.6 Å². The number of hydrogen-bond donors (Lipinski definition) is 4. The van der Waals surface area contributed by atoms with Crippen LogP contribution in [0.5, 0.6) is 11.5 Å². The number of halogens is 1. The van der Waals surface area contributed by atoms with E-state index in [1.165, 1.54) is 6.20 Å². The molecule has 12 nitrogen and oxygen atoms in total. The maximum absolute atomic E-state index is 13.5. The number of carboxylic acids is 1. The molecule has 0 saturated carbocycles. The molecule has 13 heteroatoms. The van der Waals surface area contributed by atoms with Gasteiger partial charge in [0.1, 0.15) is 36.8 Å². The van der Waals surface area contributed by atoms with Gasteiger partial charge in [-0.3, -0.25) is 19.9 Å². The fourth-order valence-corrected chi connectivity index (χ4v) is 6.14. The van der Waals surface area contributed by atoms with Crippen molar-refractivity contribution in [2.24, 2.45) is 0 Å². The van der Waals surface area contributed by atoms with Crippen LogP contribution in [0, 0.1) is 18.3 Å². The van der Waals surface area contributed by atoms with Crippen molar-refractivity contribution in [2.75, 3.05) is 26.2 Å². The summed E-state index contributed by atoms with van der Waals surface area (Å²) >= 11 is 6.65. The molecular weight excluding hydrogens is 662 g/mol. The van der Waals surface area contributed by atoms with Crippen molar-refractivity contribution in [1.29, 1.82) is 5.26 Å². The van der Waals surface area contributed by atoms with E-state index < -0.39 is 18.6 Å². The van der Waals surface area contributed by atoms with Crippen LogP contribution in [0.4, 0.5) is 0 Å². The van der Waals surface area contributed by atoms with Crippen molar-refractivity contribution in [3.05, 3.63) is 110 Å². The van der Waals surface area contributed by atoms with Gasteiger partial charge in [-0.1, -0.05) is 29.8 Å².